The van der Waals surface area contributed by atoms with Crippen LogP contribution in [0.25, 0.3) is 0 Å². The van der Waals surface area contributed by atoms with E-state index < -0.39 is 14.1 Å². The quantitative estimate of drug-likeness (QED) is 0.604. The van der Waals surface area contributed by atoms with E-state index in [0.29, 0.717) is 25.9 Å². The van der Waals surface area contributed by atoms with Crippen LogP contribution in [-0.4, -0.2) is 70.4 Å². The van der Waals surface area contributed by atoms with Gasteiger partial charge < -0.3 is 18.6 Å². The molecule has 2 rings (SSSR count). The van der Waals surface area contributed by atoms with Crippen molar-refractivity contribution in [3.05, 3.63) is 0 Å². The normalized spacial score (nSPS) is 28.1. The van der Waals surface area contributed by atoms with Gasteiger partial charge in [-0.3, -0.25) is 5.01 Å². The van der Waals surface area contributed by atoms with Crippen molar-refractivity contribution in [2.24, 2.45) is 5.10 Å². The molecule has 0 bridgehead atoms. The first-order chi connectivity index (χ1) is 12.5. The van der Waals surface area contributed by atoms with Gasteiger partial charge in [-0.05, 0) is 44.8 Å². The lowest BCUT2D eigenvalue weighted by atomic mass is 10.1. The molecular weight excluding hydrogens is 360 g/mol. The average molecular weight is 401 g/mol. The highest BCUT2D eigenvalue weighted by Gasteiger charge is 2.39. The summed E-state index contributed by atoms with van der Waals surface area (Å²) in [7, 11) is -0.00826. The SMILES string of the molecule is COC[C@@H]1CCCN1/N=C1\COC(C)(C)O[C@H]1CCO[Si](C)(C)C(C)(C)C. The Hall–Kier alpha value is -0.473. The smallest absolute Gasteiger partial charge is 0.191 e. The Bertz CT molecular complexity index is 517. The van der Waals surface area contributed by atoms with E-state index in [4.69, 9.17) is 23.7 Å². The highest BCUT2D eigenvalue weighted by atomic mass is 28.4. The minimum atomic E-state index is -1.76. The first kappa shape index (κ1) is 22.8. The maximum Gasteiger partial charge on any atom is 0.191 e. The van der Waals surface area contributed by atoms with Gasteiger partial charge in [-0.25, -0.2) is 0 Å². The van der Waals surface area contributed by atoms with Gasteiger partial charge in [0, 0.05) is 26.7 Å². The molecule has 2 saturated heterocycles. The van der Waals surface area contributed by atoms with E-state index in [9.17, 15) is 0 Å². The summed E-state index contributed by atoms with van der Waals surface area (Å²) in [6.07, 6.45) is 3.01. The lowest BCUT2D eigenvalue weighted by Crippen LogP contribution is -2.48. The largest absolute Gasteiger partial charge is 0.417 e. The minimum Gasteiger partial charge on any atom is -0.417 e. The molecule has 0 N–H and O–H groups in total. The molecule has 2 atom stereocenters. The Morgan fingerprint density at radius 1 is 1.30 bits per heavy atom. The highest BCUT2D eigenvalue weighted by Crippen LogP contribution is 2.36. The van der Waals surface area contributed by atoms with Crippen molar-refractivity contribution in [3.8, 4) is 0 Å². The molecule has 0 radical (unpaired) electrons. The molecule has 0 aromatic rings. The molecule has 2 fully saturated rings. The number of nitrogens with zero attached hydrogens (tertiary/aromatic N) is 2. The Morgan fingerprint density at radius 2 is 2.00 bits per heavy atom. The molecule has 0 aromatic carbocycles. The number of ether oxygens (including phenoxy) is 3. The molecular formula is C20H40N2O4Si. The summed E-state index contributed by atoms with van der Waals surface area (Å²) in [5, 5.41) is 7.29. The van der Waals surface area contributed by atoms with Gasteiger partial charge in [0.05, 0.1) is 25.0 Å². The third-order valence-corrected chi connectivity index (χ3v) is 10.5. The summed E-state index contributed by atoms with van der Waals surface area (Å²) in [5.41, 5.74) is 0.969. The minimum absolute atomic E-state index is 0.0673. The van der Waals surface area contributed by atoms with Crippen LogP contribution in [0, 0.1) is 0 Å². The lowest BCUT2D eigenvalue weighted by molar-refractivity contribution is -0.236. The predicted octanol–water partition coefficient (Wildman–Crippen LogP) is 4.02. The van der Waals surface area contributed by atoms with E-state index >= 15 is 0 Å². The van der Waals surface area contributed by atoms with E-state index in [2.05, 4.69) is 38.9 Å². The van der Waals surface area contributed by atoms with Crippen molar-refractivity contribution in [3.63, 3.8) is 0 Å². The lowest BCUT2D eigenvalue weighted by Gasteiger charge is -2.39. The summed E-state index contributed by atoms with van der Waals surface area (Å²) in [4.78, 5) is 0. The van der Waals surface area contributed by atoms with Crippen LogP contribution in [0.4, 0.5) is 0 Å². The maximum atomic E-state index is 6.37. The van der Waals surface area contributed by atoms with Crippen LogP contribution in [0.2, 0.25) is 18.1 Å². The molecule has 0 aliphatic carbocycles. The Labute approximate surface area is 166 Å². The number of hydrazone groups is 1. The fourth-order valence-corrected chi connectivity index (χ4v) is 4.28. The molecule has 0 saturated carbocycles. The molecule has 0 spiro atoms. The van der Waals surface area contributed by atoms with Crippen LogP contribution in [0.3, 0.4) is 0 Å². The van der Waals surface area contributed by atoms with Crippen LogP contribution < -0.4 is 0 Å². The summed E-state index contributed by atoms with van der Waals surface area (Å²) >= 11 is 0. The molecule has 0 aromatic heterocycles. The summed E-state index contributed by atoms with van der Waals surface area (Å²) in [6.45, 7) is 18.2. The van der Waals surface area contributed by atoms with E-state index in [1.807, 2.05) is 13.8 Å². The van der Waals surface area contributed by atoms with Gasteiger partial charge in [-0.2, -0.15) is 5.10 Å². The fourth-order valence-electron chi connectivity index (χ4n) is 3.22. The molecule has 0 unspecified atom stereocenters. The topological polar surface area (TPSA) is 52.5 Å². The van der Waals surface area contributed by atoms with Gasteiger partial charge in [-0.1, -0.05) is 20.8 Å². The summed E-state index contributed by atoms with van der Waals surface area (Å²) in [6, 6.07) is 0.349. The van der Waals surface area contributed by atoms with Crippen LogP contribution in [0.5, 0.6) is 0 Å². The van der Waals surface area contributed by atoms with Crippen molar-refractivity contribution < 1.29 is 18.6 Å². The van der Waals surface area contributed by atoms with E-state index in [1.165, 1.54) is 0 Å². The number of hydrogen-bond donors (Lipinski definition) is 0. The first-order valence-electron chi connectivity index (χ1n) is 10.2. The van der Waals surface area contributed by atoms with E-state index in [1.54, 1.807) is 7.11 Å². The van der Waals surface area contributed by atoms with Crippen molar-refractivity contribution in [2.45, 2.75) is 89.9 Å². The molecule has 0 amide bonds. The summed E-state index contributed by atoms with van der Waals surface area (Å²) in [5.74, 6) is -0.586. The van der Waals surface area contributed by atoms with Gasteiger partial charge >= 0.3 is 0 Å². The van der Waals surface area contributed by atoms with Gasteiger partial charge in [0.2, 0.25) is 0 Å². The highest BCUT2D eigenvalue weighted by molar-refractivity contribution is 6.74. The van der Waals surface area contributed by atoms with Crippen LogP contribution in [-0.2, 0) is 18.6 Å². The van der Waals surface area contributed by atoms with Gasteiger partial charge in [0.15, 0.2) is 14.1 Å². The van der Waals surface area contributed by atoms with Crippen LogP contribution in [0.15, 0.2) is 5.10 Å². The van der Waals surface area contributed by atoms with Crippen LogP contribution >= 0.6 is 0 Å². The summed E-state index contributed by atoms with van der Waals surface area (Å²) < 4.78 is 23.8. The Kier molecular flexibility index (Phi) is 7.52. The monoisotopic (exact) mass is 400 g/mol. The number of methoxy groups -OCH3 is 1. The Balaban J connectivity index is 2.04. The molecule has 2 heterocycles. The van der Waals surface area contributed by atoms with Crippen molar-refractivity contribution in [2.75, 3.05) is 33.5 Å². The third kappa shape index (κ3) is 6.26. The van der Waals surface area contributed by atoms with Gasteiger partial charge in [0.25, 0.3) is 0 Å². The maximum absolute atomic E-state index is 6.37. The zero-order valence-corrected chi connectivity index (χ0v) is 19.6. The Morgan fingerprint density at radius 3 is 2.63 bits per heavy atom. The first-order valence-corrected chi connectivity index (χ1v) is 13.1. The van der Waals surface area contributed by atoms with Crippen LogP contribution in [0.1, 0.15) is 53.9 Å². The zero-order chi connectivity index (χ0) is 20.3. The van der Waals surface area contributed by atoms with Gasteiger partial charge in [0.1, 0.15) is 6.10 Å². The number of hydrogen-bond acceptors (Lipinski definition) is 6. The van der Waals surface area contributed by atoms with Crippen molar-refractivity contribution in [1.82, 2.24) is 5.01 Å². The molecule has 158 valence electrons. The zero-order valence-electron chi connectivity index (χ0n) is 18.6. The second kappa shape index (κ2) is 8.90. The predicted molar refractivity (Wildman–Crippen MR) is 112 cm³/mol. The molecule has 27 heavy (non-hydrogen) atoms. The molecule has 2 aliphatic rings. The fraction of sp³-hybridized carbons (Fsp3) is 0.950. The average Bonchev–Trinajstić information content (AvgIpc) is 2.96. The molecule has 6 nitrogen and oxygen atoms in total. The second-order valence-electron chi connectivity index (χ2n) is 9.70. The van der Waals surface area contributed by atoms with E-state index in [-0.39, 0.29) is 11.1 Å². The van der Waals surface area contributed by atoms with Crippen molar-refractivity contribution >= 4 is 14.0 Å². The molecule has 2 aliphatic heterocycles. The standard InChI is InChI=1S/C20H40N2O4Si/c1-19(2,3)27(7,8)25-13-11-18-17(15-24-20(4,5)26-18)21-22-12-9-10-16(22)14-23-6/h16,18H,9-15H2,1-8H3/b21-17+/t16-,18-/m0/s1. The molecule has 7 heteroatoms. The third-order valence-electron chi connectivity index (χ3n) is 5.98. The second-order valence-corrected chi connectivity index (χ2v) is 14.5. The van der Waals surface area contributed by atoms with Crippen molar-refractivity contribution in [1.29, 1.82) is 0 Å². The van der Waals surface area contributed by atoms with Gasteiger partial charge in [-0.15, -0.1) is 0 Å². The van der Waals surface area contributed by atoms with E-state index in [0.717, 1.165) is 31.5 Å². The number of rotatable bonds is 7.